The van der Waals surface area contributed by atoms with Crippen molar-refractivity contribution in [3.8, 4) is 17.1 Å². The first kappa shape index (κ1) is 21.6. The van der Waals surface area contributed by atoms with E-state index in [9.17, 15) is 4.79 Å². The first-order valence-corrected chi connectivity index (χ1v) is 10.5. The van der Waals surface area contributed by atoms with E-state index in [1.165, 1.54) is 11.8 Å². The standard InChI is InChI=1S/C23H26N4O2S/c1-6-13-27-21(18-9-7-8-10-20(18)29-5)25-26-23(27)30-17(4)22(28)24-19-14-15(2)11-12-16(19)3/h6-12,14,17H,1,13H2,2-5H3,(H,24,28). The minimum absolute atomic E-state index is 0.0827. The lowest BCUT2D eigenvalue weighted by Gasteiger charge is -2.15. The number of methoxy groups -OCH3 is 1. The van der Waals surface area contributed by atoms with Crippen LogP contribution in [0.25, 0.3) is 11.4 Å². The molecule has 1 amide bonds. The maximum atomic E-state index is 12.8. The molecule has 0 aliphatic carbocycles. The number of ether oxygens (including phenoxy) is 1. The fourth-order valence-electron chi connectivity index (χ4n) is 3.01. The average molecular weight is 423 g/mol. The lowest BCUT2D eigenvalue weighted by Crippen LogP contribution is -2.23. The number of aryl methyl sites for hydroxylation is 2. The van der Waals surface area contributed by atoms with E-state index in [1.54, 1.807) is 13.2 Å². The molecule has 0 saturated carbocycles. The summed E-state index contributed by atoms with van der Waals surface area (Å²) in [5, 5.41) is 12.0. The zero-order valence-corrected chi connectivity index (χ0v) is 18.5. The van der Waals surface area contributed by atoms with E-state index in [-0.39, 0.29) is 11.2 Å². The molecule has 7 heteroatoms. The van der Waals surface area contributed by atoms with Gasteiger partial charge in [-0.25, -0.2) is 0 Å². The highest BCUT2D eigenvalue weighted by molar-refractivity contribution is 8.00. The van der Waals surface area contributed by atoms with Gasteiger partial charge in [0.25, 0.3) is 0 Å². The number of hydrogen-bond donors (Lipinski definition) is 1. The molecule has 156 valence electrons. The average Bonchev–Trinajstić information content (AvgIpc) is 3.13. The van der Waals surface area contributed by atoms with Crippen molar-refractivity contribution >= 4 is 23.4 Å². The molecule has 1 heterocycles. The van der Waals surface area contributed by atoms with Crippen molar-refractivity contribution in [3.63, 3.8) is 0 Å². The summed E-state index contributed by atoms with van der Waals surface area (Å²) in [4.78, 5) is 12.8. The van der Waals surface area contributed by atoms with Gasteiger partial charge in [-0.05, 0) is 50.1 Å². The highest BCUT2D eigenvalue weighted by Crippen LogP contribution is 2.32. The van der Waals surface area contributed by atoms with Crippen molar-refractivity contribution < 1.29 is 9.53 Å². The molecular formula is C23H26N4O2S. The van der Waals surface area contributed by atoms with Crippen molar-refractivity contribution in [2.75, 3.05) is 12.4 Å². The molecule has 0 bridgehead atoms. The molecule has 0 spiro atoms. The van der Waals surface area contributed by atoms with Gasteiger partial charge in [0.2, 0.25) is 5.91 Å². The van der Waals surface area contributed by atoms with Crippen LogP contribution >= 0.6 is 11.8 Å². The number of carbonyl (C=O) groups is 1. The van der Waals surface area contributed by atoms with Gasteiger partial charge in [-0.15, -0.1) is 16.8 Å². The number of para-hydroxylation sites is 1. The third-order valence-corrected chi connectivity index (χ3v) is 5.76. The van der Waals surface area contributed by atoms with E-state index in [0.717, 1.165) is 22.4 Å². The lowest BCUT2D eigenvalue weighted by atomic mass is 10.1. The number of thioether (sulfide) groups is 1. The summed E-state index contributed by atoms with van der Waals surface area (Å²) >= 11 is 1.37. The Bertz CT molecular complexity index is 1060. The SMILES string of the molecule is C=CCn1c(SC(C)C(=O)Nc2cc(C)ccc2C)nnc1-c1ccccc1OC. The Hall–Kier alpha value is -3.06. The fourth-order valence-corrected chi connectivity index (χ4v) is 3.87. The van der Waals surface area contributed by atoms with Crippen LogP contribution in [0.1, 0.15) is 18.1 Å². The molecule has 0 aliphatic heterocycles. The lowest BCUT2D eigenvalue weighted by molar-refractivity contribution is -0.115. The normalized spacial score (nSPS) is 11.7. The Balaban J connectivity index is 1.84. The van der Waals surface area contributed by atoms with Crippen LogP contribution < -0.4 is 10.1 Å². The summed E-state index contributed by atoms with van der Waals surface area (Å²) in [7, 11) is 1.63. The van der Waals surface area contributed by atoms with Crippen LogP contribution in [0.3, 0.4) is 0 Å². The smallest absolute Gasteiger partial charge is 0.237 e. The number of nitrogens with zero attached hydrogens (tertiary/aromatic N) is 3. The molecule has 3 rings (SSSR count). The molecule has 6 nitrogen and oxygen atoms in total. The molecule has 0 fully saturated rings. The van der Waals surface area contributed by atoms with Crippen LogP contribution in [-0.4, -0.2) is 33.0 Å². The van der Waals surface area contributed by atoms with Crippen molar-refractivity contribution in [1.29, 1.82) is 0 Å². The molecule has 0 radical (unpaired) electrons. The summed E-state index contributed by atoms with van der Waals surface area (Å²) in [5.74, 6) is 1.31. The molecule has 0 saturated heterocycles. The van der Waals surface area contributed by atoms with Crippen LogP contribution in [0.15, 0.2) is 60.3 Å². The van der Waals surface area contributed by atoms with Crippen LogP contribution in [0.4, 0.5) is 5.69 Å². The summed E-state index contributed by atoms with van der Waals surface area (Å²) in [6.45, 7) is 10.2. The number of aromatic nitrogens is 3. The number of anilines is 1. The quantitative estimate of drug-likeness (QED) is 0.414. The Morgan fingerprint density at radius 1 is 1.27 bits per heavy atom. The zero-order valence-electron chi connectivity index (χ0n) is 17.7. The molecule has 1 aromatic heterocycles. The number of allylic oxidation sites excluding steroid dienone is 1. The molecule has 1 atom stereocenters. The number of benzene rings is 2. The highest BCUT2D eigenvalue weighted by Gasteiger charge is 2.22. The molecular weight excluding hydrogens is 396 g/mol. The van der Waals surface area contributed by atoms with E-state index in [1.807, 2.05) is 67.8 Å². The van der Waals surface area contributed by atoms with Crippen LogP contribution in [0.5, 0.6) is 5.75 Å². The van der Waals surface area contributed by atoms with Crippen molar-refractivity contribution in [1.82, 2.24) is 14.8 Å². The van der Waals surface area contributed by atoms with Gasteiger partial charge in [0.15, 0.2) is 11.0 Å². The molecule has 3 aromatic rings. The van der Waals surface area contributed by atoms with Crippen LogP contribution in [-0.2, 0) is 11.3 Å². The molecule has 30 heavy (non-hydrogen) atoms. The number of carbonyl (C=O) groups excluding carboxylic acids is 1. The van der Waals surface area contributed by atoms with Gasteiger partial charge in [-0.3, -0.25) is 9.36 Å². The van der Waals surface area contributed by atoms with Gasteiger partial charge in [0.1, 0.15) is 5.75 Å². The van der Waals surface area contributed by atoms with E-state index >= 15 is 0 Å². The molecule has 2 aromatic carbocycles. The van der Waals surface area contributed by atoms with E-state index in [0.29, 0.717) is 23.3 Å². The highest BCUT2D eigenvalue weighted by atomic mass is 32.2. The van der Waals surface area contributed by atoms with Gasteiger partial charge in [0, 0.05) is 12.2 Å². The molecule has 0 aliphatic rings. The third kappa shape index (κ3) is 4.74. The minimum atomic E-state index is -0.358. The second kappa shape index (κ2) is 9.63. The third-order valence-electron chi connectivity index (χ3n) is 4.68. The fraction of sp³-hybridized carbons (Fsp3) is 0.261. The summed E-state index contributed by atoms with van der Waals surface area (Å²) in [6, 6.07) is 13.7. The second-order valence-corrected chi connectivity index (χ2v) is 8.28. The van der Waals surface area contributed by atoms with Crippen molar-refractivity contribution in [3.05, 3.63) is 66.2 Å². The predicted octanol–water partition coefficient (Wildman–Crippen LogP) is 4.88. The molecule has 1 unspecified atom stereocenters. The van der Waals surface area contributed by atoms with Crippen molar-refractivity contribution in [2.24, 2.45) is 0 Å². The Kier molecular flexibility index (Phi) is 6.95. The number of rotatable bonds is 8. The second-order valence-electron chi connectivity index (χ2n) is 6.97. The van der Waals surface area contributed by atoms with E-state index in [4.69, 9.17) is 4.74 Å². The first-order valence-electron chi connectivity index (χ1n) is 9.66. The van der Waals surface area contributed by atoms with Crippen LogP contribution in [0.2, 0.25) is 0 Å². The summed E-state index contributed by atoms with van der Waals surface area (Å²) in [6.07, 6.45) is 1.78. The Morgan fingerprint density at radius 2 is 2.03 bits per heavy atom. The van der Waals surface area contributed by atoms with E-state index < -0.39 is 0 Å². The molecule has 1 N–H and O–H groups in total. The number of nitrogens with one attached hydrogen (secondary N) is 1. The van der Waals surface area contributed by atoms with Gasteiger partial charge in [0.05, 0.1) is 17.9 Å². The number of amides is 1. The number of hydrogen-bond acceptors (Lipinski definition) is 5. The largest absolute Gasteiger partial charge is 0.496 e. The van der Waals surface area contributed by atoms with Gasteiger partial charge < -0.3 is 10.1 Å². The van der Waals surface area contributed by atoms with Crippen molar-refractivity contribution in [2.45, 2.75) is 37.7 Å². The monoisotopic (exact) mass is 422 g/mol. The predicted molar refractivity (Wildman–Crippen MR) is 122 cm³/mol. The maximum absolute atomic E-state index is 12.8. The van der Waals surface area contributed by atoms with Gasteiger partial charge >= 0.3 is 0 Å². The van der Waals surface area contributed by atoms with Gasteiger partial charge in [-0.2, -0.15) is 0 Å². The Morgan fingerprint density at radius 3 is 2.77 bits per heavy atom. The first-order chi connectivity index (χ1) is 14.4. The topological polar surface area (TPSA) is 69.0 Å². The van der Waals surface area contributed by atoms with Crippen LogP contribution in [0, 0.1) is 13.8 Å². The minimum Gasteiger partial charge on any atom is -0.496 e. The van der Waals surface area contributed by atoms with Gasteiger partial charge in [-0.1, -0.05) is 42.1 Å². The van der Waals surface area contributed by atoms with E-state index in [2.05, 4.69) is 22.1 Å². The Labute approximate surface area is 181 Å². The zero-order chi connectivity index (χ0) is 21.7. The summed E-state index contributed by atoms with van der Waals surface area (Å²) < 4.78 is 7.41. The summed E-state index contributed by atoms with van der Waals surface area (Å²) in [5.41, 5.74) is 3.80. The maximum Gasteiger partial charge on any atom is 0.237 e.